The van der Waals surface area contributed by atoms with Gasteiger partial charge in [-0.2, -0.15) is 4.98 Å². The van der Waals surface area contributed by atoms with Crippen LogP contribution in [0.1, 0.15) is 48.6 Å². The Morgan fingerprint density at radius 1 is 1.35 bits per heavy atom. The summed E-state index contributed by atoms with van der Waals surface area (Å²) in [5.74, 6) is 1.50. The van der Waals surface area contributed by atoms with Crippen molar-refractivity contribution in [2.45, 2.75) is 45.2 Å². The summed E-state index contributed by atoms with van der Waals surface area (Å²) in [4.78, 5) is 6.72. The molecule has 1 aromatic heterocycles. The number of hydrogen-bond donors (Lipinski definition) is 0. The Labute approximate surface area is 119 Å². The van der Waals surface area contributed by atoms with Crippen LogP contribution < -0.4 is 0 Å². The number of nitrogens with zero attached hydrogens (tertiary/aromatic N) is 3. The molecule has 0 amide bonds. The zero-order chi connectivity index (χ0) is 13.9. The van der Waals surface area contributed by atoms with Gasteiger partial charge >= 0.3 is 0 Å². The van der Waals surface area contributed by atoms with Crippen LogP contribution >= 0.6 is 0 Å². The van der Waals surface area contributed by atoms with Crippen LogP contribution in [0.4, 0.5) is 0 Å². The van der Waals surface area contributed by atoms with Gasteiger partial charge in [0.05, 0.1) is 6.54 Å². The van der Waals surface area contributed by atoms with Crippen molar-refractivity contribution in [3.8, 4) is 0 Å². The quantitative estimate of drug-likeness (QED) is 0.856. The molecule has 1 aliphatic carbocycles. The summed E-state index contributed by atoms with van der Waals surface area (Å²) in [7, 11) is 2.14. The van der Waals surface area contributed by atoms with E-state index < -0.39 is 0 Å². The Kier molecular flexibility index (Phi) is 3.83. The molecule has 2 aromatic rings. The highest BCUT2D eigenvalue weighted by molar-refractivity contribution is 5.32. The van der Waals surface area contributed by atoms with Gasteiger partial charge in [0, 0.05) is 12.5 Å². The average molecular weight is 271 g/mol. The first-order chi connectivity index (χ1) is 9.78. The van der Waals surface area contributed by atoms with Crippen molar-refractivity contribution >= 4 is 0 Å². The molecule has 4 heteroatoms. The van der Waals surface area contributed by atoms with Crippen LogP contribution in [0.2, 0.25) is 0 Å². The maximum absolute atomic E-state index is 5.30. The van der Waals surface area contributed by atoms with E-state index in [-0.39, 0.29) is 0 Å². The normalized spacial score (nSPS) is 18.2. The van der Waals surface area contributed by atoms with Crippen molar-refractivity contribution in [2.24, 2.45) is 0 Å². The number of aryl methyl sites for hydroxylation is 2. The summed E-state index contributed by atoms with van der Waals surface area (Å²) in [5, 5.41) is 3.96. The Balaban J connectivity index is 1.76. The number of hydrogen-bond acceptors (Lipinski definition) is 4. The summed E-state index contributed by atoms with van der Waals surface area (Å²) < 4.78 is 5.30. The number of benzene rings is 1. The average Bonchev–Trinajstić information content (AvgIpc) is 2.94. The molecular weight excluding hydrogens is 250 g/mol. The molecular formula is C16H21N3O. The molecule has 0 bridgehead atoms. The number of rotatable bonds is 4. The maximum atomic E-state index is 5.30. The molecule has 0 radical (unpaired) electrons. The van der Waals surface area contributed by atoms with Gasteiger partial charge in [0.15, 0.2) is 5.82 Å². The van der Waals surface area contributed by atoms with E-state index in [1.165, 1.54) is 30.4 Å². The van der Waals surface area contributed by atoms with Gasteiger partial charge in [-0.15, -0.1) is 0 Å². The van der Waals surface area contributed by atoms with E-state index in [2.05, 4.69) is 46.4 Å². The molecule has 1 heterocycles. The number of fused-ring (bicyclic) bond motifs is 1. The van der Waals surface area contributed by atoms with Crippen molar-refractivity contribution in [1.29, 1.82) is 0 Å². The van der Waals surface area contributed by atoms with Gasteiger partial charge < -0.3 is 4.52 Å². The minimum atomic E-state index is 0.455. The predicted octanol–water partition coefficient (Wildman–Crippen LogP) is 3.14. The zero-order valence-corrected chi connectivity index (χ0v) is 12.2. The molecule has 1 aliphatic rings. The standard InChI is InChI=1S/C16H21N3O/c1-3-15-17-16(20-18-15)11-19(2)14-10-6-8-12-7-4-5-9-13(12)14/h4-5,7,9,14H,3,6,8,10-11H2,1-2H3/t14-/m0/s1. The van der Waals surface area contributed by atoms with Crippen LogP contribution in [-0.4, -0.2) is 22.1 Å². The van der Waals surface area contributed by atoms with Crippen molar-refractivity contribution in [3.05, 3.63) is 47.1 Å². The molecule has 20 heavy (non-hydrogen) atoms. The molecule has 4 nitrogen and oxygen atoms in total. The molecule has 0 N–H and O–H groups in total. The Morgan fingerprint density at radius 3 is 3.00 bits per heavy atom. The van der Waals surface area contributed by atoms with E-state index in [1.54, 1.807) is 0 Å². The van der Waals surface area contributed by atoms with Gasteiger partial charge in [-0.05, 0) is 37.4 Å². The summed E-state index contributed by atoms with van der Waals surface area (Å²) in [6, 6.07) is 9.22. The minimum Gasteiger partial charge on any atom is -0.338 e. The van der Waals surface area contributed by atoms with Gasteiger partial charge in [-0.1, -0.05) is 36.3 Å². The van der Waals surface area contributed by atoms with E-state index in [1.807, 2.05) is 6.92 Å². The fourth-order valence-corrected chi connectivity index (χ4v) is 3.01. The molecule has 0 saturated carbocycles. The third kappa shape index (κ3) is 2.61. The van der Waals surface area contributed by atoms with Crippen LogP contribution in [-0.2, 0) is 19.4 Å². The predicted molar refractivity (Wildman–Crippen MR) is 77.3 cm³/mol. The fraction of sp³-hybridized carbons (Fsp3) is 0.500. The maximum Gasteiger partial charge on any atom is 0.240 e. The second kappa shape index (κ2) is 5.75. The van der Waals surface area contributed by atoms with E-state index in [0.717, 1.165) is 12.2 Å². The fourth-order valence-electron chi connectivity index (χ4n) is 3.01. The van der Waals surface area contributed by atoms with Gasteiger partial charge in [-0.3, -0.25) is 4.90 Å². The largest absolute Gasteiger partial charge is 0.338 e. The van der Waals surface area contributed by atoms with Crippen molar-refractivity contribution in [1.82, 2.24) is 15.0 Å². The second-order valence-corrected chi connectivity index (χ2v) is 5.48. The van der Waals surface area contributed by atoms with Crippen LogP contribution in [0.3, 0.4) is 0 Å². The first kappa shape index (κ1) is 13.3. The summed E-state index contributed by atoms with van der Waals surface area (Å²) in [6.45, 7) is 2.75. The molecule has 106 valence electrons. The Hall–Kier alpha value is -1.68. The summed E-state index contributed by atoms with van der Waals surface area (Å²) >= 11 is 0. The molecule has 0 aliphatic heterocycles. The topological polar surface area (TPSA) is 42.2 Å². The number of aromatic nitrogens is 2. The van der Waals surface area contributed by atoms with Crippen LogP contribution in [0, 0.1) is 0 Å². The van der Waals surface area contributed by atoms with Gasteiger partial charge in [0.1, 0.15) is 0 Å². The Bertz CT molecular complexity index is 579. The van der Waals surface area contributed by atoms with Crippen LogP contribution in [0.25, 0.3) is 0 Å². The smallest absolute Gasteiger partial charge is 0.240 e. The van der Waals surface area contributed by atoms with E-state index in [0.29, 0.717) is 18.5 Å². The highest BCUT2D eigenvalue weighted by Crippen LogP contribution is 2.33. The van der Waals surface area contributed by atoms with Crippen LogP contribution in [0.15, 0.2) is 28.8 Å². The zero-order valence-electron chi connectivity index (χ0n) is 12.2. The van der Waals surface area contributed by atoms with Crippen molar-refractivity contribution in [2.75, 3.05) is 7.05 Å². The third-order valence-electron chi connectivity index (χ3n) is 4.08. The van der Waals surface area contributed by atoms with Crippen molar-refractivity contribution < 1.29 is 4.52 Å². The van der Waals surface area contributed by atoms with Crippen molar-refractivity contribution in [3.63, 3.8) is 0 Å². The Morgan fingerprint density at radius 2 is 2.20 bits per heavy atom. The molecule has 3 rings (SSSR count). The molecule has 1 aromatic carbocycles. The lowest BCUT2D eigenvalue weighted by Crippen LogP contribution is -2.27. The molecule has 0 unspecified atom stereocenters. The molecule has 0 fully saturated rings. The molecule has 0 spiro atoms. The van der Waals surface area contributed by atoms with E-state index in [4.69, 9.17) is 4.52 Å². The molecule has 1 atom stereocenters. The lowest BCUT2D eigenvalue weighted by atomic mass is 9.87. The monoisotopic (exact) mass is 271 g/mol. The SMILES string of the molecule is CCc1noc(CN(C)[C@H]2CCCc3ccccc32)n1. The minimum absolute atomic E-state index is 0.455. The van der Waals surface area contributed by atoms with Gasteiger partial charge in [0.25, 0.3) is 0 Å². The van der Waals surface area contributed by atoms with Gasteiger partial charge in [-0.25, -0.2) is 0 Å². The lowest BCUT2D eigenvalue weighted by molar-refractivity contribution is 0.187. The molecule has 0 saturated heterocycles. The lowest BCUT2D eigenvalue weighted by Gasteiger charge is -2.32. The van der Waals surface area contributed by atoms with E-state index in [9.17, 15) is 0 Å². The third-order valence-corrected chi connectivity index (χ3v) is 4.08. The van der Waals surface area contributed by atoms with Gasteiger partial charge in [0.2, 0.25) is 5.89 Å². The van der Waals surface area contributed by atoms with Crippen LogP contribution in [0.5, 0.6) is 0 Å². The first-order valence-corrected chi connectivity index (χ1v) is 7.37. The summed E-state index contributed by atoms with van der Waals surface area (Å²) in [6.07, 6.45) is 4.46. The highest BCUT2D eigenvalue weighted by atomic mass is 16.5. The van der Waals surface area contributed by atoms with E-state index >= 15 is 0 Å². The highest BCUT2D eigenvalue weighted by Gasteiger charge is 2.24. The summed E-state index contributed by atoms with van der Waals surface area (Å²) in [5.41, 5.74) is 2.94. The second-order valence-electron chi connectivity index (χ2n) is 5.48. The first-order valence-electron chi connectivity index (χ1n) is 7.37.